The van der Waals surface area contributed by atoms with Crippen molar-refractivity contribution in [1.82, 2.24) is 34.3 Å². The molecular formula is C29H29FN8O2. The van der Waals surface area contributed by atoms with Crippen molar-refractivity contribution in [2.75, 3.05) is 18.0 Å². The van der Waals surface area contributed by atoms with E-state index in [9.17, 15) is 14.6 Å². The molecule has 40 heavy (non-hydrogen) atoms. The van der Waals surface area contributed by atoms with E-state index in [1.54, 1.807) is 55.6 Å². The summed E-state index contributed by atoms with van der Waals surface area (Å²) < 4.78 is 16.9. The first kappa shape index (κ1) is 25.8. The van der Waals surface area contributed by atoms with Crippen LogP contribution < -0.4 is 4.90 Å². The molecule has 1 aliphatic heterocycles. The maximum absolute atomic E-state index is 13.3. The lowest BCUT2D eigenvalue weighted by molar-refractivity contribution is 0.101. The van der Waals surface area contributed by atoms with E-state index in [0.29, 0.717) is 30.0 Å². The summed E-state index contributed by atoms with van der Waals surface area (Å²) in [5, 5.41) is 29.4. The lowest BCUT2D eigenvalue weighted by atomic mass is 9.90. The number of rotatable bonds is 7. The summed E-state index contributed by atoms with van der Waals surface area (Å²) in [7, 11) is 0. The first-order chi connectivity index (χ1) is 19.3. The minimum absolute atomic E-state index is 0.356. The Kier molecular flexibility index (Phi) is 6.60. The predicted molar refractivity (Wildman–Crippen MR) is 148 cm³/mol. The van der Waals surface area contributed by atoms with E-state index in [1.807, 2.05) is 23.0 Å². The number of fused-ring (bicyclic) bond motifs is 1. The Hall–Kier alpha value is -4.48. The van der Waals surface area contributed by atoms with Gasteiger partial charge in [0.15, 0.2) is 11.6 Å². The summed E-state index contributed by atoms with van der Waals surface area (Å²) in [5.41, 5.74) is 3.58. The van der Waals surface area contributed by atoms with Gasteiger partial charge in [0, 0.05) is 54.6 Å². The molecule has 204 valence electrons. The molecule has 0 amide bonds. The molecule has 6 rings (SSSR count). The summed E-state index contributed by atoms with van der Waals surface area (Å²) >= 11 is 0. The van der Waals surface area contributed by atoms with Gasteiger partial charge < -0.3 is 15.1 Å². The van der Waals surface area contributed by atoms with E-state index in [0.717, 1.165) is 41.0 Å². The molecule has 2 N–H and O–H groups in total. The number of halogens is 1. The summed E-state index contributed by atoms with van der Waals surface area (Å²) in [4.78, 5) is 15.8. The Bertz CT molecular complexity index is 1670. The minimum atomic E-state index is -1.34. The highest BCUT2D eigenvalue weighted by Gasteiger charge is 2.27. The molecule has 0 bridgehead atoms. The van der Waals surface area contributed by atoms with Gasteiger partial charge in [0.05, 0.1) is 18.8 Å². The van der Waals surface area contributed by atoms with Gasteiger partial charge >= 0.3 is 0 Å². The highest BCUT2D eigenvalue weighted by Crippen LogP contribution is 2.31. The number of hydrogen-bond acceptors (Lipinski definition) is 8. The van der Waals surface area contributed by atoms with Crippen LogP contribution in [-0.4, -0.2) is 63.8 Å². The largest absolute Gasteiger partial charge is 0.391 e. The zero-order valence-corrected chi connectivity index (χ0v) is 22.2. The molecule has 1 aliphatic rings. The molecule has 4 aromatic heterocycles. The van der Waals surface area contributed by atoms with E-state index in [2.05, 4.69) is 36.1 Å². The van der Waals surface area contributed by atoms with Gasteiger partial charge in [-0.2, -0.15) is 10.2 Å². The van der Waals surface area contributed by atoms with Crippen molar-refractivity contribution < 1.29 is 14.6 Å². The van der Waals surface area contributed by atoms with Crippen LogP contribution in [0.25, 0.3) is 22.2 Å². The topological polar surface area (TPSA) is 117 Å². The van der Waals surface area contributed by atoms with Crippen LogP contribution in [0.2, 0.25) is 0 Å². The molecule has 0 saturated heterocycles. The maximum Gasteiger partial charge on any atom is 0.156 e. The number of nitrogens with zero attached hydrogens (tertiary/aromatic N) is 8. The molecule has 1 aromatic carbocycles. The minimum Gasteiger partial charge on any atom is -0.391 e. The van der Waals surface area contributed by atoms with Gasteiger partial charge in [-0.3, -0.25) is 4.68 Å². The Morgan fingerprint density at radius 2 is 1.77 bits per heavy atom. The van der Waals surface area contributed by atoms with Crippen LogP contribution in [0, 0.1) is 5.82 Å². The molecule has 0 radical (unpaired) electrons. The first-order valence-corrected chi connectivity index (χ1v) is 13.1. The third kappa shape index (κ3) is 4.96. The third-order valence-corrected chi connectivity index (χ3v) is 7.22. The normalized spacial score (nSPS) is 16.1. The van der Waals surface area contributed by atoms with Crippen LogP contribution in [0.4, 0.5) is 10.2 Å². The number of aromatic nitrogens is 7. The van der Waals surface area contributed by atoms with Gasteiger partial charge in [0.25, 0.3) is 0 Å². The fourth-order valence-corrected chi connectivity index (χ4v) is 4.95. The van der Waals surface area contributed by atoms with Gasteiger partial charge in [-0.05, 0) is 49.6 Å². The fourth-order valence-electron chi connectivity index (χ4n) is 4.95. The highest BCUT2D eigenvalue weighted by molar-refractivity contribution is 5.78. The number of anilines is 1. The molecule has 0 fully saturated rings. The Balaban J connectivity index is 1.19. The van der Waals surface area contributed by atoms with Crippen molar-refractivity contribution in [3.05, 3.63) is 96.5 Å². The van der Waals surface area contributed by atoms with E-state index >= 15 is 0 Å². The van der Waals surface area contributed by atoms with E-state index in [-0.39, 0.29) is 5.82 Å². The van der Waals surface area contributed by atoms with Crippen LogP contribution in [-0.2, 0) is 12.1 Å². The molecule has 0 unspecified atom stereocenters. The molecular weight excluding hydrogens is 511 g/mol. The second-order valence-electron chi connectivity index (χ2n) is 10.2. The van der Waals surface area contributed by atoms with Gasteiger partial charge in [-0.15, -0.1) is 0 Å². The van der Waals surface area contributed by atoms with Crippen LogP contribution >= 0.6 is 0 Å². The molecule has 11 heteroatoms. The molecule has 5 aromatic rings. The summed E-state index contributed by atoms with van der Waals surface area (Å²) in [6.45, 7) is 5.17. The van der Waals surface area contributed by atoms with Crippen LogP contribution in [0.15, 0.2) is 73.7 Å². The summed E-state index contributed by atoms with van der Waals surface area (Å²) in [6, 6.07) is 7.82. The van der Waals surface area contributed by atoms with Crippen molar-refractivity contribution in [1.29, 1.82) is 0 Å². The van der Waals surface area contributed by atoms with Crippen molar-refractivity contribution in [3.8, 4) is 11.1 Å². The number of benzene rings is 1. The zero-order chi connectivity index (χ0) is 27.9. The van der Waals surface area contributed by atoms with Gasteiger partial charge in [-0.25, -0.2) is 23.9 Å². The van der Waals surface area contributed by atoms with Crippen LogP contribution in [0.3, 0.4) is 0 Å². The molecule has 0 saturated carbocycles. The molecule has 2 atom stereocenters. The van der Waals surface area contributed by atoms with Crippen molar-refractivity contribution in [2.45, 2.75) is 38.5 Å². The molecule has 10 nitrogen and oxygen atoms in total. The molecule has 5 heterocycles. The lowest BCUT2D eigenvalue weighted by Crippen LogP contribution is -2.30. The van der Waals surface area contributed by atoms with Crippen molar-refractivity contribution in [2.24, 2.45) is 0 Å². The van der Waals surface area contributed by atoms with E-state index in [1.165, 1.54) is 12.1 Å². The van der Waals surface area contributed by atoms with Gasteiger partial charge in [0.2, 0.25) is 0 Å². The summed E-state index contributed by atoms with van der Waals surface area (Å²) in [6.07, 6.45) is 12.8. The predicted octanol–water partition coefficient (Wildman–Crippen LogP) is 3.45. The maximum atomic E-state index is 13.3. The standard InChI is InChI=1S/C29H29FN8O2/c1-19(39)15-37-16-22(12-34-37)21-11-26-28(33-18-35-38(26)17-21)36-9-7-20(8-10-36)27-31-13-24(14-32-27)29(2,40)23-3-5-25(30)6-4-23/h3-7,11-14,16-19,39-40H,8-10,15H2,1-2H3/t19-,29-/m0/s1. The van der Waals surface area contributed by atoms with Gasteiger partial charge in [0.1, 0.15) is 23.3 Å². The van der Waals surface area contributed by atoms with E-state index < -0.39 is 11.7 Å². The highest BCUT2D eigenvalue weighted by atomic mass is 19.1. The number of aliphatic hydroxyl groups is 2. The van der Waals surface area contributed by atoms with Crippen molar-refractivity contribution in [3.63, 3.8) is 0 Å². The Labute approximate surface area is 230 Å². The monoisotopic (exact) mass is 540 g/mol. The number of hydrogen-bond donors (Lipinski definition) is 2. The molecule has 0 aliphatic carbocycles. The first-order valence-electron chi connectivity index (χ1n) is 13.1. The zero-order valence-electron chi connectivity index (χ0n) is 22.2. The van der Waals surface area contributed by atoms with E-state index in [4.69, 9.17) is 0 Å². The average Bonchev–Trinajstić information content (AvgIpc) is 3.60. The number of aliphatic hydroxyl groups excluding tert-OH is 1. The van der Waals surface area contributed by atoms with Crippen LogP contribution in [0.1, 0.15) is 37.2 Å². The Morgan fingerprint density at radius 3 is 2.48 bits per heavy atom. The smallest absolute Gasteiger partial charge is 0.156 e. The fraction of sp³-hybridized carbons (Fsp3) is 0.276. The van der Waals surface area contributed by atoms with Crippen molar-refractivity contribution >= 4 is 16.9 Å². The quantitative estimate of drug-likeness (QED) is 0.322. The second kappa shape index (κ2) is 10.2. The second-order valence-corrected chi connectivity index (χ2v) is 10.2. The molecule has 0 spiro atoms. The SMILES string of the molecule is C[C@H](O)Cn1cc(-c2cc3c(N4CC=C(c5ncc([C@@](C)(O)c6ccc(F)cc6)cn5)CC4)ncnn3c2)cn1. The van der Waals surface area contributed by atoms with Gasteiger partial charge in [-0.1, -0.05) is 18.2 Å². The summed E-state index contributed by atoms with van der Waals surface area (Å²) in [5.74, 6) is 1.09. The lowest BCUT2D eigenvalue weighted by Gasteiger charge is -2.27. The van der Waals surface area contributed by atoms with Crippen LogP contribution in [0.5, 0.6) is 0 Å². The third-order valence-electron chi connectivity index (χ3n) is 7.22. The Morgan fingerprint density at radius 1 is 1.00 bits per heavy atom. The average molecular weight is 541 g/mol.